The van der Waals surface area contributed by atoms with Crippen molar-refractivity contribution < 1.29 is 24.2 Å². The molecule has 6 nitrogen and oxygen atoms in total. The zero-order valence-corrected chi connectivity index (χ0v) is 18.1. The summed E-state index contributed by atoms with van der Waals surface area (Å²) in [5.74, 6) is -0.871. The first-order valence-electron chi connectivity index (χ1n) is 9.50. The number of benzene rings is 3. The van der Waals surface area contributed by atoms with Gasteiger partial charge in [-0.05, 0) is 65.9 Å². The Hall–Kier alpha value is -3.55. The second-order valence-electron chi connectivity index (χ2n) is 6.82. The summed E-state index contributed by atoms with van der Waals surface area (Å²) >= 11 is 6.75. The fourth-order valence-electron chi connectivity index (χ4n) is 3.06. The number of rotatable bonds is 6. The van der Waals surface area contributed by atoms with Gasteiger partial charge in [-0.2, -0.15) is 0 Å². The molecule has 0 atom stereocenters. The van der Waals surface area contributed by atoms with Crippen LogP contribution < -0.4 is 9.64 Å². The highest BCUT2D eigenvalue weighted by Crippen LogP contribution is 2.37. The molecule has 3 aromatic carbocycles. The SMILES string of the molecule is O=C(O)c1ccc(COc2ccccc2/C=C2/SC(=O)N(c3ccc(Cl)cc3)C2=O)cc1. The van der Waals surface area contributed by atoms with Crippen molar-refractivity contribution in [2.24, 2.45) is 0 Å². The summed E-state index contributed by atoms with van der Waals surface area (Å²) in [5.41, 5.74) is 2.10. The maximum absolute atomic E-state index is 12.9. The van der Waals surface area contributed by atoms with E-state index in [0.29, 0.717) is 22.0 Å². The van der Waals surface area contributed by atoms with Crippen LogP contribution in [0.25, 0.3) is 6.08 Å². The average Bonchev–Trinajstić information content (AvgIpc) is 3.07. The molecule has 0 radical (unpaired) electrons. The number of nitrogens with zero attached hydrogens (tertiary/aromatic N) is 1. The van der Waals surface area contributed by atoms with E-state index in [1.54, 1.807) is 60.7 Å². The molecule has 32 heavy (non-hydrogen) atoms. The van der Waals surface area contributed by atoms with E-state index in [4.69, 9.17) is 21.4 Å². The lowest BCUT2D eigenvalue weighted by Crippen LogP contribution is -2.27. The lowest BCUT2D eigenvalue weighted by Gasteiger charge is -2.12. The van der Waals surface area contributed by atoms with Crippen molar-refractivity contribution in [3.05, 3.63) is 99.4 Å². The first-order valence-corrected chi connectivity index (χ1v) is 10.7. The van der Waals surface area contributed by atoms with Gasteiger partial charge in [0, 0.05) is 10.6 Å². The van der Waals surface area contributed by atoms with Gasteiger partial charge in [0.05, 0.1) is 16.2 Å². The van der Waals surface area contributed by atoms with Crippen LogP contribution in [-0.4, -0.2) is 22.2 Å². The smallest absolute Gasteiger partial charge is 0.335 e. The molecule has 0 aromatic heterocycles. The van der Waals surface area contributed by atoms with Gasteiger partial charge in [-0.3, -0.25) is 9.59 Å². The Bertz CT molecular complexity index is 1220. The molecule has 1 N–H and O–H groups in total. The number of amides is 2. The Balaban J connectivity index is 1.53. The predicted octanol–water partition coefficient (Wildman–Crippen LogP) is 5.86. The summed E-state index contributed by atoms with van der Waals surface area (Å²) in [6, 6.07) is 20.0. The van der Waals surface area contributed by atoms with Gasteiger partial charge < -0.3 is 9.84 Å². The molecular weight excluding hydrogens is 450 g/mol. The number of para-hydroxylation sites is 1. The van der Waals surface area contributed by atoms with Crippen molar-refractivity contribution in [3.8, 4) is 5.75 Å². The lowest BCUT2D eigenvalue weighted by atomic mass is 10.1. The quantitative estimate of drug-likeness (QED) is 0.459. The third kappa shape index (κ3) is 4.69. The third-order valence-electron chi connectivity index (χ3n) is 4.68. The minimum Gasteiger partial charge on any atom is -0.488 e. The number of halogens is 1. The van der Waals surface area contributed by atoms with E-state index >= 15 is 0 Å². The monoisotopic (exact) mass is 465 g/mol. The van der Waals surface area contributed by atoms with E-state index in [2.05, 4.69) is 0 Å². The van der Waals surface area contributed by atoms with Gasteiger partial charge in [0.25, 0.3) is 11.1 Å². The van der Waals surface area contributed by atoms with Gasteiger partial charge in [0.2, 0.25) is 0 Å². The van der Waals surface area contributed by atoms with Crippen LogP contribution in [0, 0.1) is 0 Å². The molecule has 1 saturated heterocycles. The Kier molecular flexibility index (Phi) is 6.30. The molecule has 0 saturated carbocycles. The van der Waals surface area contributed by atoms with Crippen LogP contribution in [0.4, 0.5) is 10.5 Å². The maximum Gasteiger partial charge on any atom is 0.335 e. The third-order valence-corrected chi connectivity index (χ3v) is 5.80. The lowest BCUT2D eigenvalue weighted by molar-refractivity contribution is -0.113. The van der Waals surface area contributed by atoms with E-state index in [0.717, 1.165) is 22.2 Å². The van der Waals surface area contributed by atoms with Crippen molar-refractivity contribution >= 4 is 52.2 Å². The van der Waals surface area contributed by atoms with E-state index < -0.39 is 11.9 Å². The second-order valence-corrected chi connectivity index (χ2v) is 8.25. The highest BCUT2D eigenvalue weighted by atomic mass is 35.5. The molecule has 1 fully saturated rings. The molecule has 160 valence electrons. The largest absolute Gasteiger partial charge is 0.488 e. The number of aromatic carboxylic acids is 1. The zero-order valence-electron chi connectivity index (χ0n) is 16.5. The molecule has 4 rings (SSSR count). The van der Waals surface area contributed by atoms with Crippen molar-refractivity contribution in [2.75, 3.05) is 4.90 Å². The molecule has 8 heteroatoms. The maximum atomic E-state index is 12.9. The number of carboxylic acids is 1. The zero-order chi connectivity index (χ0) is 22.7. The number of imide groups is 1. The van der Waals surface area contributed by atoms with Gasteiger partial charge in [-0.1, -0.05) is 41.9 Å². The summed E-state index contributed by atoms with van der Waals surface area (Å²) < 4.78 is 5.89. The van der Waals surface area contributed by atoms with Crippen LogP contribution in [0.3, 0.4) is 0 Å². The molecule has 1 heterocycles. The van der Waals surface area contributed by atoms with Crippen LogP contribution in [0.2, 0.25) is 5.02 Å². The molecule has 1 aliphatic heterocycles. The minimum absolute atomic E-state index is 0.200. The van der Waals surface area contributed by atoms with Gasteiger partial charge >= 0.3 is 5.97 Å². The van der Waals surface area contributed by atoms with Crippen molar-refractivity contribution in [3.63, 3.8) is 0 Å². The van der Waals surface area contributed by atoms with Crippen molar-refractivity contribution in [1.82, 2.24) is 0 Å². The Morgan fingerprint density at radius 1 is 1.00 bits per heavy atom. The highest BCUT2D eigenvalue weighted by Gasteiger charge is 2.36. The van der Waals surface area contributed by atoms with Gasteiger partial charge in [-0.15, -0.1) is 0 Å². The standard InChI is InChI=1S/C24H16ClNO5S/c25-18-9-11-19(12-10-18)26-22(27)21(32-24(26)30)13-17-3-1-2-4-20(17)31-14-15-5-7-16(8-6-15)23(28)29/h1-13H,14H2,(H,28,29)/b21-13+. The molecule has 3 aromatic rings. The Labute approximate surface area is 193 Å². The van der Waals surface area contributed by atoms with Crippen LogP contribution in [0.15, 0.2) is 77.7 Å². The van der Waals surface area contributed by atoms with Crippen molar-refractivity contribution in [1.29, 1.82) is 0 Å². The van der Waals surface area contributed by atoms with Crippen LogP contribution in [-0.2, 0) is 11.4 Å². The molecule has 0 aliphatic carbocycles. The summed E-state index contributed by atoms with van der Waals surface area (Å²) in [4.78, 5) is 37.7. The summed E-state index contributed by atoms with van der Waals surface area (Å²) in [6.07, 6.45) is 1.63. The number of ether oxygens (including phenoxy) is 1. The van der Waals surface area contributed by atoms with Crippen molar-refractivity contribution in [2.45, 2.75) is 6.61 Å². The van der Waals surface area contributed by atoms with Gasteiger partial charge in [-0.25, -0.2) is 9.69 Å². The summed E-state index contributed by atoms with van der Waals surface area (Å²) in [6.45, 7) is 0.219. The van der Waals surface area contributed by atoms with Gasteiger partial charge in [0.1, 0.15) is 12.4 Å². The molecule has 2 amide bonds. The van der Waals surface area contributed by atoms with E-state index in [1.807, 2.05) is 6.07 Å². The molecule has 1 aliphatic rings. The second kappa shape index (κ2) is 9.30. The number of hydrogen-bond donors (Lipinski definition) is 1. The average molecular weight is 466 g/mol. The van der Waals surface area contributed by atoms with Crippen LogP contribution >= 0.6 is 23.4 Å². The number of anilines is 1. The molecule has 0 spiro atoms. The number of carbonyl (C=O) groups excluding carboxylic acids is 2. The molecule has 0 unspecified atom stereocenters. The number of hydrogen-bond acceptors (Lipinski definition) is 5. The fourth-order valence-corrected chi connectivity index (χ4v) is 4.02. The summed E-state index contributed by atoms with van der Waals surface area (Å²) in [7, 11) is 0. The Morgan fingerprint density at radius 3 is 2.38 bits per heavy atom. The number of carbonyl (C=O) groups is 3. The predicted molar refractivity (Wildman–Crippen MR) is 124 cm³/mol. The molecule has 0 bridgehead atoms. The fraction of sp³-hybridized carbons (Fsp3) is 0.0417. The van der Waals surface area contributed by atoms with Crippen LogP contribution in [0.1, 0.15) is 21.5 Å². The van der Waals surface area contributed by atoms with E-state index in [9.17, 15) is 14.4 Å². The normalized spacial score (nSPS) is 14.8. The topological polar surface area (TPSA) is 83.9 Å². The minimum atomic E-state index is -0.990. The van der Waals surface area contributed by atoms with Gasteiger partial charge in [0.15, 0.2) is 0 Å². The van der Waals surface area contributed by atoms with E-state index in [-0.39, 0.29) is 22.3 Å². The highest BCUT2D eigenvalue weighted by molar-refractivity contribution is 8.19. The van der Waals surface area contributed by atoms with Crippen LogP contribution in [0.5, 0.6) is 5.75 Å². The first-order chi connectivity index (χ1) is 15.4. The first kappa shape index (κ1) is 21.7. The van der Waals surface area contributed by atoms with E-state index in [1.165, 1.54) is 12.1 Å². The molecular formula is C24H16ClNO5S. The number of thioether (sulfide) groups is 1. The number of carboxylic acid groups (broad SMARTS) is 1. The Morgan fingerprint density at radius 2 is 1.69 bits per heavy atom. The summed E-state index contributed by atoms with van der Waals surface area (Å²) in [5, 5.41) is 9.12.